The van der Waals surface area contributed by atoms with Crippen molar-refractivity contribution in [2.45, 2.75) is 50.5 Å². The summed E-state index contributed by atoms with van der Waals surface area (Å²) in [5, 5.41) is 31.5. The highest BCUT2D eigenvalue weighted by Crippen LogP contribution is 2.39. The predicted molar refractivity (Wildman–Crippen MR) is 89.9 cm³/mol. The second-order valence-corrected chi connectivity index (χ2v) is 7.95. The number of aliphatic hydroxyl groups is 3. The van der Waals surface area contributed by atoms with Gasteiger partial charge in [-0.3, -0.25) is 9.69 Å². The molecule has 0 saturated carbocycles. The summed E-state index contributed by atoms with van der Waals surface area (Å²) in [5.41, 5.74) is -4.10. The van der Waals surface area contributed by atoms with Gasteiger partial charge in [0.25, 0.3) is 0 Å². The summed E-state index contributed by atoms with van der Waals surface area (Å²) in [5.74, 6) is -3.50. The summed E-state index contributed by atoms with van der Waals surface area (Å²) in [6.45, 7) is 4.82. The number of nitrogens with zero attached hydrogens (tertiary/aromatic N) is 1. The van der Waals surface area contributed by atoms with Gasteiger partial charge in [0.05, 0.1) is 18.6 Å². The highest BCUT2D eigenvalue weighted by molar-refractivity contribution is 5.84. The Morgan fingerprint density at radius 1 is 1.35 bits per heavy atom. The Balaban J connectivity index is 2.04. The Labute approximate surface area is 152 Å². The number of cyclic esters (lactones) is 1. The molecule has 0 radical (unpaired) electrons. The quantitative estimate of drug-likeness (QED) is 0.429. The Morgan fingerprint density at radius 2 is 2.04 bits per heavy atom. The van der Waals surface area contributed by atoms with Gasteiger partial charge < -0.3 is 24.8 Å². The van der Waals surface area contributed by atoms with Gasteiger partial charge in [-0.05, 0) is 24.8 Å². The first kappa shape index (κ1) is 19.3. The van der Waals surface area contributed by atoms with Crippen LogP contribution >= 0.6 is 0 Å². The first-order valence-electron chi connectivity index (χ1n) is 8.99. The number of hydrogen-bond donors (Lipinski definition) is 3. The molecule has 146 valence electrons. The maximum absolute atomic E-state index is 12.9. The van der Waals surface area contributed by atoms with Crippen LogP contribution in [0.15, 0.2) is 11.6 Å². The van der Waals surface area contributed by atoms with E-state index in [0.29, 0.717) is 13.0 Å². The number of carbonyl (C=O) groups is 2. The number of hydrogen-bond acceptors (Lipinski definition) is 8. The van der Waals surface area contributed by atoms with Crippen LogP contribution < -0.4 is 0 Å². The monoisotopic (exact) mass is 369 g/mol. The van der Waals surface area contributed by atoms with Crippen LogP contribution in [0.4, 0.5) is 0 Å². The first-order chi connectivity index (χ1) is 12.1. The van der Waals surface area contributed by atoms with E-state index in [1.807, 2.05) is 6.08 Å². The van der Waals surface area contributed by atoms with Crippen molar-refractivity contribution in [2.24, 2.45) is 11.8 Å². The van der Waals surface area contributed by atoms with E-state index in [2.05, 4.69) is 4.90 Å². The fourth-order valence-electron chi connectivity index (χ4n) is 4.46. The molecule has 2 saturated heterocycles. The van der Waals surface area contributed by atoms with Crippen LogP contribution in [0.1, 0.15) is 27.2 Å². The Bertz CT molecular complexity index is 629. The van der Waals surface area contributed by atoms with Crippen molar-refractivity contribution in [3.63, 3.8) is 0 Å². The molecule has 3 aliphatic heterocycles. The molecule has 3 rings (SSSR count). The highest BCUT2D eigenvalue weighted by atomic mass is 16.6. The topological polar surface area (TPSA) is 117 Å². The third-order valence-electron chi connectivity index (χ3n) is 5.98. The van der Waals surface area contributed by atoms with Gasteiger partial charge in [0.15, 0.2) is 0 Å². The lowest BCUT2D eigenvalue weighted by molar-refractivity contribution is -0.222. The van der Waals surface area contributed by atoms with Crippen LogP contribution in [0.25, 0.3) is 0 Å². The molecule has 0 amide bonds. The van der Waals surface area contributed by atoms with Gasteiger partial charge in [0.1, 0.15) is 18.3 Å². The Kier molecular flexibility index (Phi) is 4.89. The molecule has 0 unspecified atom stereocenters. The first-order valence-corrected chi connectivity index (χ1v) is 8.99. The van der Waals surface area contributed by atoms with Gasteiger partial charge in [-0.2, -0.15) is 0 Å². The van der Waals surface area contributed by atoms with Crippen LogP contribution in [0.3, 0.4) is 0 Å². The van der Waals surface area contributed by atoms with Crippen LogP contribution in [-0.4, -0.2) is 81.8 Å². The van der Waals surface area contributed by atoms with Crippen molar-refractivity contribution in [1.82, 2.24) is 4.90 Å². The smallest absolute Gasteiger partial charge is 0.344 e. The maximum atomic E-state index is 12.9. The predicted octanol–water partition coefficient (Wildman–Crippen LogP) is -0.784. The van der Waals surface area contributed by atoms with E-state index in [1.54, 1.807) is 13.8 Å². The van der Waals surface area contributed by atoms with Crippen molar-refractivity contribution in [2.75, 3.05) is 26.3 Å². The molecule has 3 aliphatic rings. The fraction of sp³-hybridized carbons (Fsp3) is 0.778. The second-order valence-electron chi connectivity index (χ2n) is 7.95. The van der Waals surface area contributed by atoms with Gasteiger partial charge in [0, 0.05) is 13.1 Å². The highest BCUT2D eigenvalue weighted by Gasteiger charge is 2.61. The summed E-state index contributed by atoms with van der Waals surface area (Å²) >= 11 is 0. The van der Waals surface area contributed by atoms with Gasteiger partial charge in [-0.15, -0.1) is 0 Å². The number of carbonyl (C=O) groups excluding carboxylic acids is 2. The minimum Gasteiger partial charge on any atom is -0.460 e. The van der Waals surface area contributed by atoms with E-state index in [4.69, 9.17) is 9.47 Å². The average molecular weight is 369 g/mol. The van der Waals surface area contributed by atoms with E-state index in [0.717, 1.165) is 19.0 Å². The Hall–Kier alpha value is -1.48. The second kappa shape index (κ2) is 6.60. The number of esters is 2. The summed E-state index contributed by atoms with van der Waals surface area (Å²) in [6, 6.07) is -0.162. The van der Waals surface area contributed by atoms with Crippen LogP contribution in [0, 0.1) is 11.8 Å². The van der Waals surface area contributed by atoms with Crippen molar-refractivity contribution in [1.29, 1.82) is 0 Å². The lowest BCUT2D eigenvalue weighted by atomic mass is 9.70. The zero-order chi connectivity index (χ0) is 19.3. The molecule has 3 heterocycles. The summed E-state index contributed by atoms with van der Waals surface area (Å²) in [4.78, 5) is 27.6. The molecule has 8 heteroatoms. The Morgan fingerprint density at radius 3 is 2.65 bits per heavy atom. The molecule has 8 nitrogen and oxygen atoms in total. The third-order valence-corrected chi connectivity index (χ3v) is 5.98. The van der Waals surface area contributed by atoms with Gasteiger partial charge in [-0.1, -0.05) is 19.9 Å². The molecule has 3 N–H and O–H groups in total. The van der Waals surface area contributed by atoms with E-state index in [9.17, 15) is 24.9 Å². The lowest BCUT2D eigenvalue weighted by Gasteiger charge is -2.43. The normalized spacial score (nSPS) is 41.3. The molecule has 0 aromatic rings. The molecule has 0 aliphatic carbocycles. The number of aliphatic hydroxyl groups excluding tert-OH is 1. The summed E-state index contributed by atoms with van der Waals surface area (Å²) in [6.07, 6.45) is 2.18. The van der Waals surface area contributed by atoms with Crippen molar-refractivity contribution in [3.8, 4) is 0 Å². The minimum absolute atomic E-state index is 0.0845. The zero-order valence-electron chi connectivity index (χ0n) is 15.3. The standard InChI is InChI=1S/C18H27NO7/c1-10(2)13-15(21)26-12-5-7-19-6-4-11(14(12)19)8-25-16(22)18(24,9-20)17(13,3)23/h4,10,12-14,20,23-24H,5-9H2,1-3H3/t12-,13+,14-,17-,18+/m1/s1. The number of rotatable bonds is 2. The molecule has 0 aromatic carbocycles. The van der Waals surface area contributed by atoms with E-state index in [-0.39, 0.29) is 12.6 Å². The molecule has 2 fully saturated rings. The average Bonchev–Trinajstić information content (AvgIpc) is 3.13. The maximum Gasteiger partial charge on any atom is 0.344 e. The van der Waals surface area contributed by atoms with Crippen LogP contribution in [-0.2, 0) is 19.1 Å². The van der Waals surface area contributed by atoms with E-state index >= 15 is 0 Å². The summed E-state index contributed by atoms with van der Waals surface area (Å²) in [7, 11) is 0. The summed E-state index contributed by atoms with van der Waals surface area (Å²) < 4.78 is 11.0. The van der Waals surface area contributed by atoms with Gasteiger partial charge in [0.2, 0.25) is 5.60 Å². The van der Waals surface area contributed by atoms with E-state index in [1.165, 1.54) is 0 Å². The molecule has 0 bridgehead atoms. The molecule has 5 atom stereocenters. The van der Waals surface area contributed by atoms with Crippen molar-refractivity contribution >= 4 is 11.9 Å². The fourth-order valence-corrected chi connectivity index (χ4v) is 4.46. The van der Waals surface area contributed by atoms with Crippen LogP contribution in [0.5, 0.6) is 0 Å². The minimum atomic E-state index is -2.64. The SMILES string of the molecule is CC(C)[C@H]1C(=O)O[C@@H]2CCN3CC=C(COC(=O)[C@@](O)(CO)[C@]1(C)O)[C@H]23. The molecular weight excluding hydrogens is 342 g/mol. The molecular formula is C18H27NO7. The van der Waals surface area contributed by atoms with Gasteiger partial charge in [-0.25, -0.2) is 4.79 Å². The molecule has 0 spiro atoms. The van der Waals surface area contributed by atoms with E-state index < -0.39 is 47.7 Å². The van der Waals surface area contributed by atoms with Crippen molar-refractivity contribution < 1.29 is 34.4 Å². The number of ether oxygens (including phenoxy) is 2. The molecule has 0 aromatic heterocycles. The largest absolute Gasteiger partial charge is 0.460 e. The lowest BCUT2D eigenvalue weighted by Crippen LogP contribution is -2.66. The third kappa shape index (κ3) is 2.76. The van der Waals surface area contributed by atoms with Crippen LogP contribution in [0.2, 0.25) is 0 Å². The molecule has 26 heavy (non-hydrogen) atoms. The van der Waals surface area contributed by atoms with Crippen molar-refractivity contribution in [3.05, 3.63) is 11.6 Å². The zero-order valence-corrected chi connectivity index (χ0v) is 15.3. The van der Waals surface area contributed by atoms with Gasteiger partial charge >= 0.3 is 11.9 Å².